The van der Waals surface area contributed by atoms with Crippen LogP contribution in [-0.2, 0) is 11.8 Å². The third-order valence-corrected chi connectivity index (χ3v) is 5.16. The lowest BCUT2D eigenvalue weighted by Crippen LogP contribution is -2.43. The normalized spacial score (nSPS) is 19.3. The van der Waals surface area contributed by atoms with Crippen LogP contribution in [0.4, 0.5) is 5.82 Å². The first-order chi connectivity index (χ1) is 11.9. The van der Waals surface area contributed by atoms with Gasteiger partial charge in [-0.3, -0.25) is 14.4 Å². The zero-order valence-corrected chi connectivity index (χ0v) is 15.7. The molecule has 1 fully saturated rings. The van der Waals surface area contributed by atoms with Crippen molar-refractivity contribution >= 4 is 11.7 Å². The molecule has 2 atom stereocenters. The van der Waals surface area contributed by atoms with Crippen LogP contribution in [0, 0.1) is 20.8 Å². The maximum absolute atomic E-state index is 12.8. The van der Waals surface area contributed by atoms with Gasteiger partial charge in [-0.1, -0.05) is 12.1 Å². The minimum absolute atomic E-state index is 0.0260. The van der Waals surface area contributed by atoms with Gasteiger partial charge in [0.1, 0.15) is 5.76 Å². The molecule has 2 aromatic heterocycles. The molecule has 25 heavy (non-hydrogen) atoms. The van der Waals surface area contributed by atoms with Crippen LogP contribution in [0.5, 0.6) is 0 Å². The highest BCUT2D eigenvalue weighted by Gasteiger charge is 2.37. The summed E-state index contributed by atoms with van der Waals surface area (Å²) >= 11 is 0. The topological polar surface area (TPSA) is 76.2 Å². The number of rotatable bonds is 5. The zero-order chi connectivity index (χ0) is 18.1. The van der Waals surface area contributed by atoms with Gasteiger partial charge in [-0.2, -0.15) is 5.10 Å². The summed E-state index contributed by atoms with van der Waals surface area (Å²) in [5, 5.41) is 11.3. The molecule has 7 nitrogen and oxygen atoms in total. The second-order valence-corrected chi connectivity index (χ2v) is 6.84. The third-order valence-electron chi connectivity index (χ3n) is 5.16. The first-order valence-corrected chi connectivity index (χ1v) is 8.92. The van der Waals surface area contributed by atoms with Crippen LogP contribution in [0.3, 0.4) is 0 Å². The van der Waals surface area contributed by atoms with E-state index in [1.165, 1.54) is 11.3 Å². The van der Waals surface area contributed by atoms with Crippen LogP contribution in [0.1, 0.15) is 54.9 Å². The summed E-state index contributed by atoms with van der Waals surface area (Å²) in [6.45, 7) is 8.94. The van der Waals surface area contributed by atoms with E-state index in [-0.39, 0.29) is 18.0 Å². The van der Waals surface area contributed by atoms with Crippen LogP contribution in [0.25, 0.3) is 0 Å². The van der Waals surface area contributed by atoms with E-state index in [0.29, 0.717) is 11.6 Å². The standard InChI is InChI=1S/C18H27N5O2/c1-6-14(18(24)19-16-10-11(2)25-21-16)23-9-7-8-15(23)17-12(3)20-22(5)13(17)4/h10,14-15H,6-9H2,1-5H3,(H,19,21,24)/t14-,15-/m0/s1. The molecule has 0 unspecified atom stereocenters. The van der Waals surface area contributed by atoms with Gasteiger partial charge in [0.05, 0.1) is 11.7 Å². The second kappa shape index (κ2) is 7.00. The van der Waals surface area contributed by atoms with E-state index in [2.05, 4.69) is 41.2 Å². The average molecular weight is 345 g/mol. The Labute approximate surface area is 148 Å². The molecule has 0 aromatic carbocycles. The molecule has 7 heteroatoms. The molecule has 1 saturated heterocycles. The maximum Gasteiger partial charge on any atom is 0.242 e. The summed E-state index contributed by atoms with van der Waals surface area (Å²) in [7, 11) is 1.97. The Morgan fingerprint density at radius 1 is 1.44 bits per heavy atom. The summed E-state index contributed by atoms with van der Waals surface area (Å²) in [4.78, 5) is 15.2. The number of nitrogens with one attached hydrogen (secondary N) is 1. The van der Waals surface area contributed by atoms with Crippen LogP contribution in [-0.4, -0.2) is 38.3 Å². The van der Waals surface area contributed by atoms with Gasteiger partial charge >= 0.3 is 0 Å². The fourth-order valence-electron chi connectivity index (χ4n) is 3.95. The number of likely N-dealkylation sites (tertiary alicyclic amines) is 1. The van der Waals surface area contributed by atoms with Gasteiger partial charge < -0.3 is 9.84 Å². The van der Waals surface area contributed by atoms with E-state index in [1.807, 2.05) is 18.7 Å². The SMILES string of the molecule is CC[C@@H](C(=O)Nc1cc(C)on1)N1CCC[C@H]1c1c(C)nn(C)c1C. The highest BCUT2D eigenvalue weighted by atomic mass is 16.5. The van der Waals surface area contributed by atoms with Gasteiger partial charge in [-0.25, -0.2) is 0 Å². The molecule has 0 aliphatic carbocycles. The lowest BCUT2D eigenvalue weighted by Gasteiger charge is -2.31. The van der Waals surface area contributed by atoms with Gasteiger partial charge in [0, 0.05) is 30.4 Å². The maximum atomic E-state index is 12.8. The Hall–Kier alpha value is -2.15. The molecule has 0 radical (unpaired) electrons. The van der Waals surface area contributed by atoms with Gasteiger partial charge in [-0.05, 0) is 46.6 Å². The Balaban J connectivity index is 1.82. The number of aromatic nitrogens is 3. The Morgan fingerprint density at radius 3 is 2.76 bits per heavy atom. The third kappa shape index (κ3) is 3.33. The monoisotopic (exact) mass is 345 g/mol. The summed E-state index contributed by atoms with van der Waals surface area (Å²) in [6.07, 6.45) is 2.89. The van der Waals surface area contributed by atoms with Gasteiger partial charge in [0.2, 0.25) is 5.91 Å². The predicted octanol–water partition coefficient (Wildman–Crippen LogP) is 2.89. The molecule has 0 bridgehead atoms. The molecule has 0 saturated carbocycles. The highest BCUT2D eigenvalue weighted by Crippen LogP contribution is 2.37. The Morgan fingerprint density at radius 2 is 2.20 bits per heavy atom. The van der Waals surface area contributed by atoms with Crippen LogP contribution in [0.15, 0.2) is 10.6 Å². The fourth-order valence-corrected chi connectivity index (χ4v) is 3.95. The summed E-state index contributed by atoms with van der Waals surface area (Å²) in [6, 6.07) is 1.79. The molecule has 136 valence electrons. The van der Waals surface area contributed by atoms with Crippen LogP contribution >= 0.6 is 0 Å². The molecule has 3 rings (SSSR count). The van der Waals surface area contributed by atoms with E-state index in [1.54, 1.807) is 6.07 Å². The van der Waals surface area contributed by atoms with Crippen molar-refractivity contribution in [3.05, 3.63) is 28.8 Å². The number of nitrogens with zero attached hydrogens (tertiary/aromatic N) is 4. The first kappa shape index (κ1) is 17.7. The number of amides is 1. The number of carbonyl (C=O) groups is 1. The molecule has 0 spiro atoms. The molecule has 3 heterocycles. The van der Waals surface area contributed by atoms with Gasteiger partial charge in [0.15, 0.2) is 5.82 Å². The Kier molecular flexibility index (Phi) is 4.94. The zero-order valence-electron chi connectivity index (χ0n) is 15.7. The van der Waals surface area contributed by atoms with Crippen molar-refractivity contribution in [2.24, 2.45) is 7.05 Å². The lowest BCUT2D eigenvalue weighted by atomic mass is 10.0. The van der Waals surface area contributed by atoms with Crippen LogP contribution in [0.2, 0.25) is 0 Å². The second-order valence-electron chi connectivity index (χ2n) is 6.84. The summed E-state index contributed by atoms with van der Waals surface area (Å²) in [5.74, 6) is 1.14. The summed E-state index contributed by atoms with van der Waals surface area (Å²) < 4.78 is 6.97. The largest absolute Gasteiger partial charge is 0.360 e. The van der Waals surface area contributed by atoms with E-state index in [0.717, 1.165) is 31.5 Å². The predicted molar refractivity (Wildman–Crippen MR) is 95.3 cm³/mol. The van der Waals surface area contributed by atoms with Crippen molar-refractivity contribution in [3.63, 3.8) is 0 Å². The minimum Gasteiger partial charge on any atom is -0.360 e. The number of aryl methyl sites for hydroxylation is 3. The van der Waals surface area contributed by atoms with E-state index >= 15 is 0 Å². The van der Waals surface area contributed by atoms with E-state index in [4.69, 9.17) is 4.52 Å². The molecular formula is C18H27N5O2. The molecule has 1 aliphatic rings. The number of carbonyl (C=O) groups excluding carboxylic acids is 1. The van der Waals surface area contributed by atoms with E-state index < -0.39 is 0 Å². The van der Waals surface area contributed by atoms with Crippen molar-refractivity contribution in [2.45, 2.75) is 59.0 Å². The number of hydrogen-bond acceptors (Lipinski definition) is 5. The first-order valence-electron chi connectivity index (χ1n) is 8.92. The van der Waals surface area contributed by atoms with E-state index in [9.17, 15) is 4.79 Å². The van der Waals surface area contributed by atoms with Crippen molar-refractivity contribution in [1.29, 1.82) is 0 Å². The van der Waals surface area contributed by atoms with Crippen LogP contribution < -0.4 is 5.32 Å². The van der Waals surface area contributed by atoms with Gasteiger partial charge in [0.25, 0.3) is 0 Å². The molecule has 1 N–H and O–H groups in total. The smallest absolute Gasteiger partial charge is 0.242 e. The summed E-state index contributed by atoms with van der Waals surface area (Å²) in [5.41, 5.74) is 3.50. The highest BCUT2D eigenvalue weighted by molar-refractivity contribution is 5.94. The average Bonchev–Trinajstić information content (AvgIpc) is 3.23. The molecular weight excluding hydrogens is 318 g/mol. The Bertz CT molecular complexity index is 764. The number of hydrogen-bond donors (Lipinski definition) is 1. The molecule has 1 aliphatic heterocycles. The van der Waals surface area contributed by atoms with Crippen molar-refractivity contribution in [2.75, 3.05) is 11.9 Å². The van der Waals surface area contributed by atoms with Crippen molar-refractivity contribution < 1.29 is 9.32 Å². The van der Waals surface area contributed by atoms with Crippen molar-refractivity contribution in [1.82, 2.24) is 19.8 Å². The fraction of sp³-hybridized carbons (Fsp3) is 0.611. The molecule has 1 amide bonds. The lowest BCUT2D eigenvalue weighted by molar-refractivity contribution is -0.121. The minimum atomic E-state index is -0.191. The number of anilines is 1. The van der Waals surface area contributed by atoms with Gasteiger partial charge in [-0.15, -0.1) is 0 Å². The quantitative estimate of drug-likeness (QED) is 0.902. The molecule has 2 aromatic rings. The van der Waals surface area contributed by atoms with Crippen molar-refractivity contribution in [3.8, 4) is 0 Å².